The van der Waals surface area contributed by atoms with Crippen molar-refractivity contribution in [1.29, 1.82) is 0 Å². The maximum Gasteiger partial charge on any atom is 0.211 e. The molecule has 5 saturated carbocycles. The average Bonchev–Trinajstić information content (AvgIpc) is 3.87. The highest BCUT2D eigenvalue weighted by Gasteiger charge is 2.37. The van der Waals surface area contributed by atoms with E-state index in [-0.39, 0.29) is 22.6 Å². The van der Waals surface area contributed by atoms with E-state index in [1.54, 1.807) is 0 Å². The van der Waals surface area contributed by atoms with Crippen molar-refractivity contribution in [2.45, 2.75) is 64.2 Å². The summed E-state index contributed by atoms with van der Waals surface area (Å²) in [6, 6.07) is 3.32. The summed E-state index contributed by atoms with van der Waals surface area (Å²) in [5.74, 6) is -3.55. The van der Waals surface area contributed by atoms with Crippen molar-refractivity contribution in [3.05, 3.63) is 53.4 Å². The van der Waals surface area contributed by atoms with Gasteiger partial charge in [-0.1, -0.05) is 0 Å². The van der Waals surface area contributed by atoms with Gasteiger partial charge in [0, 0.05) is 0 Å². The molecule has 0 atom stereocenters. The minimum Gasteiger partial charge on any atom is -0.488 e. The summed E-state index contributed by atoms with van der Waals surface area (Å²) < 4.78 is 107. The fourth-order valence-electron chi connectivity index (χ4n) is 5.69. The number of ether oxygens (including phenoxy) is 5. The molecule has 0 saturated heterocycles. The number of hydrogen-bond acceptors (Lipinski definition) is 5. The lowest BCUT2D eigenvalue weighted by Crippen LogP contribution is -2.13. The molecule has 0 aliphatic heterocycles. The van der Waals surface area contributed by atoms with Crippen LogP contribution >= 0.6 is 0 Å². The maximum atomic E-state index is 16.0. The van der Waals surface area contributed by atoms with Gasteiger partial charge >= 0.3 is 0 Å². The molecule has 48 heavy (non-hydrogen) atoms. The molecule has 3 aromatic carbocycles. The second-order valence-electron chi connectivity index (χ2n) is 14.4. The molecule has 0 bridgehead atoms. The minimum absolute atomic E-state index is 0.0784. The van der Waals surface area contributed by atoms with Crippen molar-refractivity contribution >= 4 is 0 Å². The van der Waals surface area contributed by atoms with Gasteiger partial charge in [-0.3, -0.25) is 0 Å². The lowest BCUT2D eigenvalue weighted by molar-refractivity contribution is 0.202. The van der Waals surface area contributed by atoms with Crippen LogP contribution < -0.4 is 23.7 Å². The molecule has 8 rings (SSSR count). The molecule has 256 valence electrons. The zero-order chi connectivity index (χ0) is 32.9. The van der Waals surface area contributed by atoms with Crippen LogP contribution in [0.4, 0.5) is 22.0 Å². The molecular formula is C38H39F5O5. The zero-order valence-electron chi connectivity index (χ0n) is 26.7. The van der Waals surface area contributed by atoms with Crippen molar-refractivity contribution < 1.29 is 45.6 Å². The topological polar surface area (TPSA) is 46.2 Å². The fourth-order valence-corrected chi connectivity index (χ4v) is 5.69. The Kier molecular flexibility index (Phi) is 8.53. The predicted molar refractivity (Wildman–Crippen MR) is 168 cm³/mol. The standard InChI is InChI=1S/C38H39F5O5/c39-27-11-26(12-28(40)31(27)25-13-29(41)33(43)30(42)14-25)32-34(44-15-20-1-2-20)36(46-17-22-5-6-22)38(48-19-24-9-10-24)37(47-18-23-7-8-23)35(32)45-16-21-3-4-21/h11-14,20-24H,1-10,15-19H2. The van der Waals surface area contributed by atoms with Crippen molar-refractivity contribution in [2.24, 2.45) is 29.6 Å². The fraction of sp³-hybridized carbons (Fsp3) is 0.526. The Morgan fingerprint density at radius 2 is 0.646 bits per heavy atom. The van der Waals surface area contributed by atoms with Crippen molar-refractivity contribution in [1.82, 2.24) is 0 Å². The van der Waals surface area contributed by atoms with Gasteiger partial charge in [0.25, 0.3) is 0 Å². The van der Waals surface area contributed by atoms with Crippen LogP contribution in [-0.2, 0) is 0 Å². The third-order valence-corrected chi connectivity index (χ3v) is 9.68. The highest BCUT2D eigenvalue weighted by molar-refractivity contribution is 5.87. The van der Waals surface area contributed by atoms with E-state index in [2.05, 4.69) is 0 Å². The SMILES string of the molecule is Fc1cc(-c2c(F)cc(-c3c(OCC4CC4)c(OCC4CC4)c(OCC4CC4)c(OCC4CC4)c3OCC3CC3)cc2F)cc(F)c1F. The van der Waals surface area contributed by atoms with Crippen molar-refractivity contribution in [2.75, 3.05) is 33.0 Å². The van der Waals surface area contributed by atoms with E-state index in [1.807, 2.05) is 0 Å². The maximum absolute atomic E-state index is 16.0. The van der Waals surface area contributed by atoms with Gasteiger partial charge in [0.2, 0.25) is 17.2 Å². The molecule has 0 N–H and O–H groups in total. The van der Waals surface area contributed by atoms with Gasteiger partial charge < -0.3 is 23.7 Å². The van der Waals surface area contributed by atoms with Gasteiger partial charge in [-0.15, -0.1) is 0 Å². The third-order valence-electron chi connectivity index (χ3n) is 9.68. The highest BCUT2D eigenvalue weighted by Crippen LogP contribution is 2.59. The van der Waals surface area contributed by atoms with E-state index in [9.17, 15) is 13.2 Å². The van der Waals surface area contributed by atoms with E-state index in [0.29, 0.717) is 92.0 Å². The average molecular weight is 671 g/mol. The molecule has 0 spiro atoms. The summed E-state index contributed by atoms with van der Waals surface area (Å²) in [6.45, 7) is 2.05. The normalized spacial score (nSPS) is 18.9. The number of hydrogen-bond donors (Lipinski definition) is 0. The Hall–Kier alpha value is -3.69. The van der Waals surface area contributed by atoms with Crippen LogP contribution in [-0.4, -0.2) is 33.0 Å². The summed E-state index contributed by atoms with van der Waals surface area (Å²) in [4.78, 5) is 0. The molecule has 0 radical (unpaired) electrons. The Morgan fingerprint density at radius 3 is 0.979 bits per heavy atom. The first-order valence-corrected chi connectivity index (χ1v) is 17.3. The van der Waals surface area contributed by atoms with Gasteiger partial charge in [0.1, 0.15) is 11.6 Å². The van der Waals surface area contributed by atoms with Crippen LogP contribution in [0.15, 0.2) is 24.3 Å². The Balaban J connectivity index is 1.31. The number of halogens is 5. The zero-order valence-corrected chi connectivity index (χ0v) is 26.7. The van der Waals surface area contributed by atoms with E-state index in [1.165, 1.54) is 0 Å². The van der Waals surface area contributed by atoms with E-state index < -0.39 is 40.2 Å². The third kappa shape index (κ3) is 7.18. The Labute approximate surface area is 276 Å². The first-order valence-electron chi connectivity index (χ1n) is 17.3. The Bertz CT molecular complexity index is 1590. The molecule has 0 heterocycles. The summed E-state index contributed by atoms with van der Waals surface area (Å²) in [7, 11) is 0. The second kappa shape index (κ2) is 13.0. The van der Waals surface area contributed by atoms with E-state index >= 15 is 8.78 Å². The minimum atomic E-state index is -1.72. The second-order valence-corrected chi connectivity index (χ2v) is 14.4. The summed E-state index contributed by atoms with van der Waals surface area (Å²) >= 11 is 0. The first-order chi connectivity index (χ1) is 23.3. The van der Waals surface area contributed by atoms with E-state index in [0.717, 1.165) is 76.3 Å². The quantitative estimate of drug-likeness (QED) is 0.106. The monoisotopic (exact) mass is 670 g/mol. The predicted octanol–water partition coefficient (Wildman–Crippen LogP) is 9.66. The van der Waals surface area contributed by atoms with Gasteiger partial charge in [-0.05, 0) is 129 Å². The molecule has 5 aliphatic rings. The van der Waals surface area contributed by atoms with Gasteiger partial charge in [-0.25, -0.2) is 22.0 Å². The molecule has 0 unspecified atom stereocenters. The highest BCUT2D eigenvalue weighted by atomic mass is 19.2. The largest absolute Gasteiger partial charge is 0.488 e. The Morgan fingerprint density at radius 1 is 0.375 bits per heavy atom. The summed E-state index contributed by atoms with van der Waals surface area (Å²) in [5.41, 5.74) is -0.798. The summed E-state index contributed by atoms with van der Waals surface area (Å²) in [6.07, 6.45) is 10.3. The van der Waals surface area contributed by atoms with Crippen LogP contribution in [0.2, 0.25) is 0 Å². The lowest BCUT2D eigenvalue weighted by Gasteiger charge is -2.26. The van der Waals surface area contributed by atoms with Gasteiger partial charge in [-0.2, -0.15) is 0 Å². The van der Waals surface area contributed by atoms with Crippen LogP contribution in [0.3, 0.4) is 0 Å². The van der Waals surface area contributed by atoms with Crippen LogP contribution in [0, 0.1) is 58.7 Å². The van der Waals surface area contributed by atoms with Crippen molar-refractivity contribution in [3.63, 3.8) is 0 Å². The number of benzene rings is 3. The molecule has 5 aliphatic carbocycles. The van der Waals surface area contributed by atoms with Crippen LogP contribution in [0.25, 0.3) is 22.3 Å². The van der Waals surface area contributed by atoms with Crippen molar-refractivity contribution in [3.8, 4) is 51.0 Å². The molecule has 5 nitrogen and oxygen atoms in total. The molecule has 5 fully saturated rings. The van der Waals surface area contributed by atoms with Crippen LogP contribution in [0.5, 0.6) is 28.7 Å². The molecule has 0 aromatic heterocycles. The number of rotatable bonds is 17. The van der Waals surface area contributed by atoms with Gasteiger partial charge in [0.05, 0.1) is 44.2 Å². The first kappa shape index (κ1) is 31.6. The molecule has 0 amide bonds. The molecule has 3 aromatic rings. The van der Waals surface area contributed by atoms with Gasteiger partial charge in [0.15, 0.2) is 29.0 Å². The lowest BCUT2D eigenvalue weighted by atomic mass is 9.96. The smallest absolute Gasteiger partial charge is 0.211 e. The molecule has 10 heteroatoms. The summed E-state index contributed by atoms with van der Waals surface area (Å²) in [5, 5.41) is 0. The molecular weight excluding hydrogens is 631 g/mol. The van der Waals surface area contributed by atoms with Crippen LogP contribution in [0.1, 0.15) is 64.2 Å². The van der Waals surface area contributed by atoms with E-state index in [4.69, 9.17) is 23.7 Å².